The van der Waals surface area contributed by atoms with Gasteiger partial charge < -0.3 is 19.8 Å². The van der Waals surface area contributed by atoms with Crippen molar-refractivity contribution >= 4 is 5.96 Å². The van der Waals surface area contributed by atoms with Crippen LogP contribution in [0.2, 0.25) is 0 Å². The van der Waals surface area contributed by atoms with Gasteiger partial charge in [-0.15, -0.1) is 0 Å². The molecule has 6 heteroatoms. The van der Waals surface area contributed by atoms with Crippen LogP contribution in [0.5, 0.6) is 0 Å². The van der Waals surface area contributed by atoms with Crippen LogP contribution in [0.3, 0.4) is 0 Å². The van der Waals surface area contributed by atoms with Crippen LogP contribution in [0.25, 0.3) is 0 Å². The predicted octanol–water partition coefficient (Wildman–Crippen LogP) is 3.37. The number of ether oxygens (including phenoxy) is 1. The molecule has 0 saturated carbocycles. The van der Waals surface area contributed by atoms with Crippen LogP contribution in [0.1, 0.15) is 50.5 Å². The molecular weight excluding hydrogens is 328 g/mol. The Balaban J connectivity index is 1.89. The van der Waals surface area contributed by atoms with Gasteiger partial charge in [-0.05, 0) is 18.1 Å². The molecule has 0 unspecified atom stereocenters. The lowest BCUT2D eigenvalue weighted by atomic mass is 9.94. The van der Waals surface area contributed by atoms with Crippen molar-refractivity contribution in [3.63, 3.8) is 0 Å². The molecule has 26 heavy (non-hydrogen) atoms. The minimum Gasteiger partial charge on any atom is -0.443 e. The maximum Gasteiger partial charge on any atom is 0.213 e. The first-order chi connectivity index (χ1) is 12.4. The highest BCUT2D eigenvalue weighted by Gasteiger charge is 2.19. The number of aliphatic imine (C=N–C) groups is 1. The lowest BCUT2D eigenvalue weighted by molar-refractivity contribution is 0.133. The van der Waals surface area contributed by atoms with Gasteiger partial charge in [0.05, 0.1) is 19.3 Å². The molecule has 0 aliphatic carbocycles. The molecule has 1 aromatic carbocycles. The van der Waals surface area contributed by atoms with E-state index in [-0.39, 0.29) is 5.41 Å². The van der Waals surface area contributed by atoms with Crippen LogP contribution in [0, 0.1) is 0 Å². The SMILES string of the molecule is CCOCc1ccccc1CNC(=NC)NCc1ncc(C(C)(C)C)o1. The minimum atomic E-state index is -0.0462. The highest BCUT2D eigenvalue weighted by atomic mass is 16.5. The van der Waals surface area contributed by atoms with Gasteiger partial charge in [-0.1, -0.05) is 45.0 Å². The summed E-state index contributed by atoms with van der Waals surface area (Å²) in [6.45, 7) is 10.8. The van der Waals surface area contributed by atoms with Crippen molar-refractivity contribution in [2.75, 3.05) is 13.7 Å². The normalized spacial score (nSPS) is 12.3. The Bertz CT molecular complexity index is 717. The molecule has 0 spiro atoms. The molecule has 0 amide bonds. The van der Waals surface area contributed by atoms with Gasteiger partial charge in [0.25, 0.3) is 0 Å². The second-order valence-electron chi connectivity index (χ2n) is 7.05. The number of oxazole rings is 1. The Morgan fingerprint density at radius 2 is 1.85 bits per heavy atom. The number of aromatic nitrogens is 1. The van der Waals surface area contributed by atoms with Gasteiger partial charge >= 0.3 is 0 Å². The Kier molecular flexibility index (Phi) is 7.21. The van der Waals surface area contributed by atoms with Crippen molar-refractivity contribution in [2.45, 2.75) is 52.8 Å². The second kappa shape index (κ2) is 9.38. The van der Waals surface area contributed by atoms with Gasteiger partial charge in [-0.2, -0.15) is 0 Å². The van der Waals surface area contributed by atoms with Gasteiger partial charge in [0.15, 0.2) is 5.96 Å². The summed E-state index contributed by atoms with van der Waals surface area (Å²) in [7, 11) is 1.75. The molecule has 6 nitrogen and oxygen atoms in total. The molecule has 1 aromatic heterocycles. The molecule has 1 heterocycles. The lowest BCUT2D eigenvalue weighted by Crippen LogP contribution is -2.36. The van der Waals surface area contributed by atoms with Gasteiger partial charge in [-0.3, -0.25) is 4.99 Å². The summed E-state index contributed by atoms with van der Waals surface area (Å²) in [5.41, 5.74) is 2.32. The van der Waals surface area contributed by atoms with E-state index in [9.17, 15) is 0 Å². The van der Waals surface area contributed by atoms with Crippen molar-refractivity contribution in [1.29, 1.82) is 0 Å². The fourth-order valence-electron chi connectivity index (χ4n) is 2.38. The first-order valence-corrected chi connectivity index (χ1v) is 8.98. The number of nitrogens with one attached hydrogen (secondary N) is 2. The third-order valence-corrected chi connectivity index (χ3v) is 3.95. The van der Waals surface area contributed by atoms with Gasteiger partial charge in [0, 0.05) is 25.6 Å². The molecule has 142 valence electrons. The van der Waals surface area contributed by atoms with E-state index < -0.39 is 0 Å². The zero-order valence-corrected chi connectivity index (χ0v) is 16.4. The number of rotatable bonds is 7. The minimum absolute atomic E-state index is 0.0462. The predicted molar refractivity (Wildman–Crippen MR) is 104 cm³/mol. The summed E-state index contributed by atoms with van der Waals surface area (Å²) in [6, 6.07) is 8.24. The van der Waals surface area contributed by atoms with Gasteiger partial charge in [0.1, 0.15) is 5.76 Å². The molecule has 0 bridgehead atoms. The molecular formula is C20H30N4O2. The largest absolute Gasteiger partial charge is 0.443 e. The summed E-state index contributed by atoms with van der Waals surface area (Å²) in [6.07, 6.45) is 1.79. The Hall–Kier alpha value is -2.34. The fourth-order valence-corrected chi connectivity index (χ4v) is 2.38. The second-order valence-corrected chi connectivity index (χ2v) is 7.05. The number of nitrogens with zero attached hydrogens (tertiary/aromatic N) is 2. The zero-order chi connectivity index (χ0) is 19.0. The molecule has 0 radical (unpaired) electrons. The van der Waals surface area contributed by atoms with Gasteiger partial charge in [0.2, 0.25) is 5.89 Å². The van der Waals surface area contributed by atoms with Crippen LogP contribution < -0.4 is 10.6 Å². The molecule has 0 fully saturated rings. The highest BCUT2D eigenvalue weighted by Crippen LogP contribution is 2.22. The van der Waals surface area contributed by atoms with Crippen molar-refractivity contribution < 1.29 is 9.15 Å². The smallest absolute Gasteiger partial charge is 0.213 e. The zero-order valence-electron chi connectivity index (χ0n) is 16.4. The quantitative estimate of drug-likeness (QED) is 0.586. The number of hydrogen-bond donors (Lipinski definition) is 2. The number of hydrogen-bond acceptors (Lipinski definition) is 4. The summed E-state index contributed by atoms with van der Waals surface area (Å²) in [5, 5.41) is 6.56. The molecule has 0 saturated heterocycles. The maximum absolute atomic E-state index is 5.80. The topological polar surface area (TPSA) is 71.7 Å². The Morgan fingerprint density at radius 1 is 1.15 bits per heavy atom. The van der Waals surface area contributed by atoms with Crippen molar-refractivity contribution in [3.05, 3.63) is 53.2 Å². The molecule has 2 N–H and O–H groups in total. The van der Waals surface area contributed by atoms with E-state index in [0.29, 0.717) is 38.2 Å². The van der Waals surface area contributed by atoms with Crippen LogP contribution >= 0.6 is 0 Å². The maximum atomic E-state index is 5.80. The Morgan fingerprint density at radius 3 is 2.46 bits per heavy atom. The van der Waals surface area contributed by atoms with E-state index >= 15 is 0 Å². The molecule has 0 aliphatic rings. The van der Waals surface area contributed by atoms with E-state index in [1.165, 1.54) is 11.1 Å². The third kappa shape index (κ3) is 5.88. The summed E-state index contributed by atoms with van der Waals surface area (Å²) < 4.78 is 11.3. The van der Waals surface area contributed by atoms with Crippen LogP contribution in [0.15, 0.2) is 39.9 Å². The molecule has 2 aromatic rings. The van der Waals surface area contributed by atoms with E-state index in [0.717, 1.165) is 5.76 Å². The molecule has 2 rings (SSSR count). The average Bonchev–Trinajstić information content (AvgIpc) is 3.10. The highest BCUT2D eigenvalue weighted by molar-refractivity contribution is 5.79. The monoisotopic (exact) mass is 358 g/mol. The van der Waals surface area contributed by atoms with Gasteiger partial charge in [-0.25, -0.2) is 4.98 Å². The average molecular weight is 358 g/mol. The lowest BCUT2D eigenvalue weighted by Gasteiger charge is -2.14. The molecule has 0 aliphatic heterocycles. The number of benzene rings is 1. The van der Waals surface area contributed by atoms with Crippen molar-refractivity contribution in [3.8, 4) is 0 Å². The van der Waals surface area contributed by atoms with Crippen LogP contribution in [-0.2, 0) is 29.8 Å². The van der Waals surface area contributed by atoms with E-state index in [4.69, 9.17) is 9.15 Å². The standard InChI is InChI=1S/C20H30N4O2/c1-6-25-14-16-10-8-7-9-15(16)11-23-19(21-5)24-13-18-22-12-17(26-18)20(2,3)4/h7-10,12H,6,11,13-14H2,1-5H3,(H2,21,23,24). The van der Waals surface area contributed by atoms with E-state index in [1.807, 2.05) is 19.1 Å². The third-order valence-electron chi connectivity index (χ3n) is 3.95. The van der Waals surface area contributed by atoms with E-state index in [2.05, 4.69) is 53.5 Å². The summed E-state index contributed by atoms with van der Waals surface area (Å²) in [5.74, 6) is 2.23. The molecule has 0 atom stereocenters. The first kappa shape index (κ1) is 20.0. The summed E-state index contributed by atoms with van der Waals surface area (Å²) in [4.78, 5) is 8.59. The summed E-state index contributed by atoms with van der Waals surface area (Å²) >= 11 is 0. The fraction of sp³-hybridized carbons (Fsp3) is 0.500. The van der Waals surface area contributed by atoms with Crippen LogP contribution in [-0.4, -0.2) is 24.6 Å². The van der Waals surface area contributed by atoms with Crippen molar-refractivity contribution in [2.24, 2.45) is 4.99 Å². The Labute approximate surface area is 156 Å². The van der Waals surface area contributed by atoms with Crippen LogP contribution in [0.4, 0.5) is 0 Å². The number of guanidine groups is 1. The van der Waals surface area contributed by atoms with Crippen molar-refractivity contribution in [1.82, 2.24) is 15.6 Å². The first-order valence-electron chi connectivity index (χ1n) is 8.98. The van der Waals surface area contributed by atoms with E-state index in [1.54, 1.807) is 13.2 Å².